The van der Waals surface area contributed by atoms with Crippen LogP contribution < -0.4 is 10.6 Å². The maximum Gasteiger partial charge on any atom is 0.135 e. The molecule has 0 spiro atoms. The van der Waals surface area contributed by atoms with Crippen LogP contribution in [0.2, 0.25) is 0 Å². The molecular formula is C24H24Cl2N4O2. The van der Waals surface area contributed by atoms with Gasteiger partial charge in [-0.3, -0.25) is 9.98 Å². The molecule has 4 heterocycles. The summed E-state index contributed by atoms with van der Waals surface area (Å²) in [5, 5.41) is 8.85. The normalized spacial score (nSPS) is 15.0. The van der Waals surface area contributed by atoms with Crippen molar-refractivity contribution in [2.75, 3.05) is 26.2 Å². The van der Waals surface area contributed by atoms with Crippen molar-refractivity contribution >= 4 is 58.4 Å². The minimum absolute atomic E-state index is 0. The Hall–Kier alpha value is -2.96. The quantitative estimate of drug-likeness (QED) is 0.449. The van der Waals surface area contributed by atoms with E-state index in [1.165, 1.54) is 0 Å². The molecule has 32 heavy (non-hydrogen) atoms. The molecule has 2 aromatic heterocycles. The van der Waals surface area contributed by atoms with Crippen molar-refractivity contribution in [2.45, 2.75) is 12.8 Å². The summed E-state index contributed by atoms with van der Waals surface area (Å²) >= 11 is 0. The number of fused-ring (bicyclic) bond motifs is 2. The number of aliphatic imine (C=N–C) groups is 2. The lowest BCUT2D eigenvalue weighted by molar-refractivity contribution is 0.510. The van der Waals surface area contributed by atoms with E-state index in [1.54, 1.807) is 0 Å². The summed E-state index contributed by atoms with van der Waals surface area (Å²) in [5.41, 5.74) is 3.96. The summed E-state index contributed by atoms with van der Waals surface area (Å²) in [5.74, 6) is 3.84. The van der Waals surface area contributed by atoms with Crippen molar-refractivity contribution < 1.29 is 8.83 Å². The lowest BCUT2D eigenvalue weighted by Gasteiger charge is -2.01. The van der Waals surface area contributed by atoms with E-state index >= 15 is 0 Å². The van der Waals surface area contributed by atoms with Gasteiger partial charge in [-0.15, -0.1) is 24.8 Å². The van der Waals surface area contributed by atoms with Crippen LogP contribution in [0, 0.1) is 0 Å². The zero-order valence-electron chi connectivity index (χ0n) is 17.4. The van der Waals surface area contributed by atoms with Crippen LogP contribution >= 0.6 is 24.8 Å². The van der Waals surface area contributed by atoms with Gasteiger partial charge >= 0.3 is 0 Å². The Kier molecular flexibility index (Phi) is 6.44. The minimum atomic E-state index is 0. The topological polar surface area (TPSA) is 75.1 Å². The summed E-state index contributed by atoms with van der Waals surface area (Å²) in [6, 6.07) is 16.8. The molecule has 0 unspecified atom stereocenters. The van der Waals surface area contributed by atoms with Crippen LogP contribution in [0.25, 0.3) is 21.9 Å². The molecule has 2 N–H and O–H groups in total. The fourth-order valence-corrected chi connectivity index (χ4v) is 4.14. The summed E-state index contributed by atoms with van der Waals surface area (Å²) < 4.78 is 12.2. The van der Waals surface area contributed by atoms with Crippen LogP contribution in [0.3, 0.4) is 0 Å². The molecule has 6 rings (SSSR count). The van der Waals surface area contributed by atoms with Crippen molar-refractivity contribution in [2.24, 2.45) is 9.98 Å². The van der Waals surface area contributed by atoms with Gasteiger partial charge in [0.1, 0.15) is 34.4 Å². The van der Waals surface area contributed by atoms with Crippen molar-refractivity contribution in [3.8, 4) is 0 Å². The number of nitrogens with zero attached hydrogens (tertiary/aromatic N) is 2. The Bertz CT molecular complexity index is 1220. The molecule has 0 bridgehead atoms. The molecule has 166 valence electrons. The number of furan rings is 2. The van der Waals surface area contributed by atoms with Gasteiger partial charge in [0.05, 0.1) is 13.1 Å². The highest BCUT2D eigenvalue weighted by Crippen LogP contribution is 2.25. The molecule has 0 saturated heterocycles. The zero-order chi connectivity index (χ0) is 19.9. The molecule has 6 nitrogen and oxygen atoms in total. The SMILES string of the molecule is Cl.Cl.c1cc2cc(CCc3cc4ccc(C5=NCCN5)cc4o3)oc2cc1C1=NCCN1. The van der Waals surface area contributed by atoms with Crippen LogP contribution in [0.1, 0.15) is 22.6 Å². The van der Waals surface area contributed by atoms with Gasteiger partial charge in [-0.05, 0) is 24.3 Å². The fourth-order valence-electron chi connectivity index (χ4n) is 4.14. The fraction of sp³-hybridized carbons (Fsp3) is 0.250. The summed E-state index contributed by atoms with van der Waals surface area (Å²) in [4.78, 5) is 8.98. The lowest BCUT2D eigenvalue weighted by atomic mass is 10.1. The minimum Gasteiger partial charge on any atom is -0.461 e. The van der Waals surface area contributed by atoms with Crippen LogP contribution in [-0.2, 0) is 12.8 Å². The standard InChI is InChI=1S/C24H22N4O2.2ClH/c1-3-17(23-25-7-8-26-23)13-21-15(1)11-19(29-21)5-6-20-12-16-2-4-18(14-22(16)30-20)24-27-9-10-28-24;;/h1-4,11-14H,5-10H2,(H,25,26)(H,27,28);2*1H. The largest absolute Gasteiger partial charge is 0.461 e. The number of aryl methyl sites for hydroxylation is 2. The molecule has 0 saturated carbocycles. The Balaban J connectivity index is 0.00000122. The second-order valence-electron chi connectivity index (χ2n) is 7.74. The molecule has 2 aliphatic heterocycles. The number of halogens is 2. The molecule has 0 atom stereocenters. The van der Waals surface area contributed by atoms with Crippen LogP contribution in [-0.4, -0.2) is 37.9 Å². The van der Waals surface area contributed by atoms with Gasteiger partial charge in [-0.1, -0.05) is 24.3 Å². The van der Waals surface area contributed by atoms with Crippen LogP contribution in [0.5, 0.6) is 0 Å². The van der Waals surface area contributed by atoms with Gasteiger partial charge in [0.2, 0.25) is 0 Å². The maximum atomic E-state index is 6.10. The van der Waals surface area contributed by atoms with Gasteiger partial charge in [-0.2, -0.15) is 0 Å². The molecular weight excluding hydrogens is 447 g/mol. The molecule has 4 aromatic rings. The van der Waals surface area contributed by atoms with E-state index in [0.29, 0.717) is 0 Å². The lowest BCUT2D eigenvalue weighted by Crippen LogP contribution is -2.19. The third-order valence-corrected chi connectivity index (χ3v) is 5.66. The first-order chi connectivity index (χ1) is 14.8. The van der Waals surface area contributed by atoms with Crippen LogP contribution in [0.4, 0.5) is 0 Å². The van der Waals surface area contributed by atoms with Crippen molar-refractivity contribution in [3.63, 3.8) is 0 Å². The Morgan fingerprint density at radius 3 is 1.53 bits per heavy atom. The first kappa shape index (κ1) is 22.2. The average Bonchev–Trinajstić information content (AvgIpc) is 3.56. The molecule has 0 amide bonds. The predicted octanol–water partition coefficient (Wildman–Crippen LogP) is 4.51. The number of rotatable bonds is 5. The van der Waals surface area contributed by atoms with Crippen molar-refractivity contribution in [1.29, 1.82) is 0 Å². The number of benzene rings is 2. The van der Waals surface area contributed by atoms with Crippen molar-refractivity contribution in [1.82, 2.24) is 10.6 Å². The van der Waals surface area contributed by atoms with E-state index in [9.17, 15) is 0 Å². The summed E-state index contributed by atoms with van der Waals surface area (Å²) in [6.07, 6.45) is 1.59. The molecule has 0 aliphatic carbocycles. The van der Waals surface area contributed by atoms with E-state index in [-0.39, 0.29) is 24.8 Å². The third kappa shape index (κ3) is 4.20. The molecule has 2 aromatic carbocycles. The first-order valence-electron chi connectivity index (χ1n) is 10.4. The van der Waals surface area contributed by atoms with Crippen molar-refractivity contribution in [3.05, 3.63) is 71.2 Å². The summed E-state index contributed by atoms with van der Waals surface area (Å²) in [7, 11) is 0. The smallest absolute Gasteiger partial charge is 0.135 e. The number of hydrogen-bond donors (Lipinski definition) is 2. The second-order valence-corrected chi connectivity index (χ2v) is 7.74. The van der Waals surface area contributed by atoms with Crippen LogP contribution in [0.15, 0.2) is 67.4 Å². The van der Waals surface area contributed by atoms with E-state index < -0.39 is 0 Å². The molecule has 8 heteroatoms. The van der Waals surface area contributed by atoms with E-state index in [1.807, 2.05) is 0 Å². The van der Waals surface area contributed by atoms with E-state index in [4.69, 9.17) is 8.83 Å². The molecule has 0 fully saturated rings. The van der Waals surface area contributed by atoms with E-state index in [0.717, 1.165) is 95.3 Å². The van der Waals surface area contributed by atoms with Gasteiger partial charge in [-0.25, -0.2) is 0 Å². The number of nitrogens with one attached hydrogen (secondary N) is 2. The first-order valence-corrected chi connectivity index (χ1v) is 10.4. The van der Waals surface area contributed by atoms with Gasteiger partial charge in [0, 0.05) is 47.8 Å². The predicted molar refractivity (Wildman–Crippen MR) is 133 cm³/mol. The molecule has 0 radical (unpaired) electrons. The van der Waals surface area contributed by atoms with E-state index in [2.05, 4.69) is 69.1 Å². The number of hydrogen-bond acceptors (Lipinski definition) is 6. The number of amidine groups is 2. The highest BCUT2D eigenvalue weighted by molar-refractivity contribution is 6.02. The second kappa shape index (κ2) is 9.27. The molecule has 2 aliphatic rings. The zero-order valence-corrected chi connectivity index (χ0v) is 19.0. The van der Waals surface area contributed by atoms with Gasteiger partial charge < -0.3 is 19.5 Å². The highest BCUT2D eigenvalue weighted by atomic mass is 35.5. The highest BCUT2D eigenvalue weighted by Gasteiger charge is 2.13. The van der Waals surface area contributed by atoms with Gasteiger partial charge in [0.15, 0.2) is 0 Å². The summed E-state index contributed by atoms with van der Waals surface area (Å²) in [6.45, 7) is 3.47. The Morgan fingerprint density at radius 1 is 0.656 bits per heavy atom. The third-order valence-electron chi connectivity index (χ3n) is 5.66. The average molecular weight is 471 g/mol. The maximum absolute atomic E-state index is 6.10. The Morgan fingerprint density at radius 2 is 1.12 bits per heavy atom. The monoisotopic (exact) mass is 470 g/mol. The Labute approximate surface area is 198 Å². The van der Waals surface area contributed by atoms with Gasteiger partial charge in [0.25, 0.3) is 0 Å².